The summed E-state index contributed by atoms with van der Waals surface area (Å²) >= 11 is 1.59. The Kier molecular flexibility index (Phi) is 5.68. The Morgan fingerprint density at radius 2 is 2.20 bits per heavy atom. The van der Waals surface area contributed by atoms with Crippen LogP contribution in [0.25, 0.3) is 0 Å². The van der Waals surface area contributed by atoms with E-state index in [1.807, 2.05) is 12.1 Å². The van der Waals surface area contributed by atoms with Gasteiger partial charge < -0.3 is 9.47 Å². The third-order valence-electron chi connectivity index (χ3n) is 3.15. The molecule has 1 fully saturated rings. The lowest BCUT2D eigenvalue weighted by Gasteiger charge is -2.11. The molecule has 0 aliphatic carbocycles. The molecule has 0 saturated carbocycles. The van der Waals surface area contributed by atoms with Gasteiger partial charge in [0.15, 0.2) is 0 Å². The van der Waals surface area contributed by atoms with Crippen LogP contribution < -0.4 is 0 Å². The van der Waals surface area contributed by atoms with E-state index < -0.39 is 0 Å². The van der Waals surface area contributed by atoms with Gasteiger partial charge in [0.25, 0.3) is 0 Å². The monoisotopic (exact) mass is 292 g/mol. The smallest absolute Gasteiger partial charge is 0.334 e. The predicted molar refractivity (Wildman–Crippen MR) is 81.0 cm³/mol. The molecule has 0 aromatic heterocycles. The van der Waals surface area contributed by atoms with E-state index in [9.17, 15) is 4.79 Å². The molecule has 0 N–H and O–H groups in total. The molecule has 3 nitrogen and oxygen atoms in total. The number of benzene rings is 1. The fraction of sp³-hybridized carbons (Fsp3) is 0.438. The summed E-state index contributed by atoms with van der Waals surface area (Å²) in [7, 11) is 0. The van der Waals surface area contributed by atoms with Crippen LogP contribution in [0.15, 0.2) is 41.3 Å². The lowest BCUT2D eigenvalue weighted by atomic mass is 10.2. The first-order chi connectivity index (χ1) is 9.65. The Labute approximate surface area is 124 Å². The Balaban J connectivity index is 1.70. The van der Waals surface area contributed by atoms with Gasteiger partial charge in [0.2, 0.25) is 0 Å². The van der Waals surface area contributed by atoms with Crippen LogP contribution in [0, 0.1) is 6.92 Å². The van der Waals surface area contributed by atoms with Gasteiger partial charge in [-0.1, -0.05) is 24.3 Å². The highest BCUT2D eigenvalue weighted by Gasteiger charge is 2.18. The Hall–Kier alpha value is -1.26. The molecular formula is C16H20O3S. The fourth-order valence-corrected chi connectivity index (χ4v) is 2.70. The van der Waals surface area contributed by atoms with Gasteiger partial charge in [-0.15, -0.1) is 11.8 Å². The number of carbonyl (C=O) groups excluding carboxylic acids is 1. The zero-order valence-corrected chi connectivity index (χ0v) is 12.6. The number of esters is 1. The second-order valence-electron chi connectivity index (χ2n) is 4.94. The number of rotatable bonds is 6. The van der Waals surface area contributed by atoms with Gasteiger partial charge in [0.1, 0.15) is 6.61 Å². The average Bonchev–Trinajstić information content (AvgIpc) is 2.97. The summed E-state index contributed by atoms with van der Waals surface area (Å²) in [5, 5.41) is 0. The first-order valence-electron chi connectivity index (χ1n) is 6.81. The second kappa shape index (κ2) is 7.50. The van der Waals surface area contributed by atoms with E-state index in [0.29, 0.717) is 17.9 Å². The normalized spacial score (nSPS) is 17.9. The van der Waals surface area contributed by atoms with Crippen LogP contribution in [0.3, 0.4) is 0 Å². The van der Waals surface area contributed by atoms with Crippen LogP contribution in [0.2, 0.25) is 0 Å². The molecule has 20 heavy (non-hydrogen) atoms. The zero-order valence-electron chi connectivity index (χ0n) is 11.8. The van der Waals surface area contributed by atoms with E-state index in [0.717, 1.165) is 24.3 Å². The number of hydrogen-bond acceptors (Lipinski definition) is 4. The third kappa shape index (κ3) is 4.69. The van der Waals surface area contributed by atoms with Crippen LogP contribution in [-0.4, -0.2) is 31.0 Å². The highest BCUT2D eigenvalue weighted by Crippen LogP contribution is 2.21. The van der Waals surface area contributed by atoms with E-state index >= 15 is 0 Å². The first-order valence-corrected chi connectivity index (χ1v) is 7.79. The van der Waals surface area contributed by atoms with Gasteiger partial charge in [-0.05, 0) is 31.9 Å². The standard InChI is InChI=1S/C16H20O3S/c1-12-5-7-15(8-6-12)20-11-13(2)16(17)19-10-14-4-3-9-18-14/h5-8,14H,2-4,9-11H2,1H3. The molecule has 1 saturated heterocycles. The van der Waals surface area contributed by atoms with E-state index in [-0.39, 0.29) is 12.1 Å². The molecule has 1 atom stereocenters. The maximum Gasteiger partial charge on any atom is 0.334 e. The van der Waals surface area contributed by atoms with Crippen LogP contribution >= 0.6 is 11.8 Å². The van der Waals surface area contributed by atoms with E-state index in [2.05, 4.69) is 25.6 Å². The Bertz CT molecular complexity index is 461. The molecule has 0 spiro atoms. The number of hydrogen-bond donors (Lipinski definition) is 0. The van der Waals surface area contributed by atoms with Gasteiger partial charge in [0.05, 0.1) is 6.10 Å². The summed E-state index contributed by atoms with van der Waals surface area (Å²) in [5.41, 5.74) is 1.72. The zero-order chi connectivity index (χ0) is 14.4. The fourth-order valence-electron chi connectivity index (χ4n) is 1.91. The van der Waals surface area contributed by atoms with Crippen LogP contribution in [0.5, 0.6) is 0 Å². The van der Waals surface area contributed by atoms with E-state index in [1.54, 1.807) is 11.8 Å². The molecule has 1 unspecified atom stereocenters. The van der Waals surface area contributed by atoms with E-state index in [4.69, 9.17) is 9.47 Å². The summed E-state index contributed by atoms with van der Waals surface area (Å²) in [5.74, 6) is 0.230. The lowest BCUT2D eigenvalue weighted by molar-refractivity contribution is -0.142. The molecule has 1 aromatic carbocycles. The minimum absolute atomic E-state index is 0.0662. The topological polar surface area (TPSA) is 35.5 Å². The van der Waals surface area contributed by atoms with Gasteiger partial charge in [-0.25, -0.2) is 4.79 Å². The van der Waals surface area contributed by atoms with Crippen molar-refractivity contribution < 1.29 is 14.3 Å². The van der Waals surface area contributed by atoms with E-state index in [1.165, 1.54) is 5.56 Å². The molecular weight excluding hydrogens is 272 g/mol. The highest BCUT2D eigenvalue weighted by molar-refractivity contribution is 7.99. The van der Waals surface area contributed by atoms with Crippen LogP contribution in [-0.2, 0) is 14.3 Å². The van der Waals surface area contributed by atoms with Crippen molar-refractivity contribution in [3.05, 3.63) is 42.0 Å². The van der Waals surface area contributed by atoms with Crippen LogP contribution in [0.4, 0.5) is 0 Å². The number of aryl methyl sites for hydroxylation is 1. The maximum absolute atomic E-state index is 11.8. The number of thioether (sulfide) groups is 1. The van der Waals surface area contributed by atoms with Crippen molar-refractivity contribution in [1.82, 2.24) is 0 Å². The largest absolute Gasteiger partial charge is 0.460 e. The van der Waals surface area contributed by atoms with Crippen LogP contribution in [0.1, 0.15) is 18.4 Å². The SMILES string of the molecule is C=C(CSc1ccc(C)cc1)C(=O)OCC1CCCO1. The minimum atomic E-state index is -0.319. The molecule has 1 aliphatic rings. The van der Waals surface area contributed by atoms with Crippen molar-refractivity contribution >= 4 is 17.7 Å². The number of ether oxygens (including phenoxy) is 2. The molecule has 0 radical (unpaired) electrons. The number of carbonyl (C=O) groups is 1. The summed E-state index contributed by atoms with van der Waals surface area (Å²) in [4.78, 5) is 12.9. The average molecular weight is 292 g/mol. The molecule has 4 heteroatoms. The summed E-state index contributed by atoms with van der Waals surface area (Å²) in [6.45, 7) is 6.96. The summed E-state index contributed by atoms with van der Waals surface area (Å²) < 4.78 is 10.6. The van der Waals surface area contributed by atoms with Crippen molar-refractivity contribution in [2.75, 3.05) is 19.0 Å². The Morgan fingerprint density at radius 3 is 2.85 bits per heavy atom. The van der Waals surface area contributed by atoms with Gasteiger partial charge in [0, 0.05) is 22.8 Å². The van der Waals surface area contributed by atoms with Crippen molar-refractivity contribution in [2.24, 2.45) is 0 Å². The highest BCUT2D eigenvalue weighted by atomic mass is 32.2. The molecule has 1 heterocycles. The van der Waals surface area contributed by atoms with Gasteiger partial charge >= 0.3 is 5.97 Å². The van der Waals surface area contributed by atoms with Crippen molar-refractivity contribution in [2.45, 2.75) is 30.8 Å². The minimum Gasteiger partial charge on any atom is -0.460 e. The lowest BCUT2D eigenvalue weighted by Crippen LogP contribution is -2.19. The van der Waals surface area contributed by atoms with Crippen molar-refractivity contribution in [3.8, 4) is 0 Å². The molecule has 1 aliphatic heterocycles. The third-order valence-corrected chi connectivity index (χ3v) is 4.25. The molecule has 0 amide bonds. The summed E-state index contributed by atoms with van der Waals surface area (Å²) in [6.07, 6.45) is 2.08. The molecule has 108 valence electrons. The Morgan fingerprint density at radius 1 is 1.45 bits per heavy atom. The van der Waals surface area contributed by atoms with Crippen molar-refractivity contribution in [3.63, 3.8) is 0 Å². The van der Waals surface area contributed by atoms with Gasteiger partial charge in [-0.2, -0.15) is 0 Å². The predicted octanol–water partition coefficient (Wildman–Crippen LogP) is 3.37. The first kappa shape index (κ1) is 15.1. The second-order valence-corrected chi connectivity index (χ2v) is 5.99. The summed E-state index contributed by atoms with van der Waals surface area (Å²) in [6, 6.07) is 8.21. The van der Waals surface area contributed by atoms with Crippen molar-refractivity contribution in [1.29, 1.82) is 0 Å². The molecule has 1 aromatic rings. The quantitative estimate of drug-likeness (QED) is 0.457. The molecule has 0 bridgehead atoms. The molecule has 2 rings (SSSR count). The van der Waals surface area contributed by atoms with Gasteiger partial charge in [-0.3, -0.25) is 0 Å². The maximum atomic E-state index is 11.8.